The van der Waals surface area contributed by atoms with Crippen LogP contribution in [0.1, 0.15) is 17.5 Å². The molecule has 188 valence electrons. The lowest BCUT2D eigenvalue weighted by atomic mass is 10.1. The van der Waals surface area contributed by atoms with E-state index in [0.29, 0.717) is 54.1 Å². The molecule has 1 aliphatic heterocycles. The van der Waals surface area contributed by atoms with Gasteiger partial charge >= 0.3 is 0 Å². The lowest BCUT2D eigenvalue weighted by Gasteiger charge is -2.34. The number of nitrogens with two attached hydrogens (primary N) is 2. The molecule has 0 aromatic heterocycles. The third-order valence-corrected chi connectivity index (χ3v) is 6.00. The lowest BCUT2D eigenvalue weighted by Crippen LogP contribution is -2.46. The summed E-state index contributed by atoms with van der Waals surface area (Å²) in [5.74, 6) is 1.92. The minimum Gasteiger partial charge on any atom is -0.497 e. The molecule has 3 aromatic rings. The summed E-state index contributed by atoms with van der Waals surface area (Å²) in [5.41, 5.74) is 13.4. The molecule has 1 aliphatic rings. The van der Waals surface area contributed by atoms with E-state index < -0.39 is 6.10 Å². The monoisotopic (exact) mass is 508 g/mol. The third kappa shape index (κ3) is 6.40. The van der Waals surface area contributed by atoms with Crippen LogP contribution >= 0.6 is 11.6 Å². The molecule has 1 unspecified atom stereocenters. The molecule has 4 N–H and O–H groups in total. The van der Waals surface area contributed by atoms with E-state index in [1.165, 1.54) is 0 Å². The Morgan fingerprint density at radius 2 is 1.83 bits per heavy atom. The Labute approximate surface area is 215 Å². The van der Waals surface area contributed by atoms with Gasteiger partial charge in [0.25, 0.3) is 5.91 Å². The van der Waals surface area contributed by atoms with E-state index in [1.54, 1.807) is 24.1 Å². The number of ether oxygens (including phenoxy) is 3. The van der Waals surface area contributed by atoms with Crippen molar-refractivity contribution in [1.29, 1.82) is 0 Å². The summed E-state index contributed by atoms with van der Waals surface area (Å²) in [4.78, 5) is 19.2. The van der Waals surface area contributed by atoms with Gasteiger partial charge in [0.1, 0.15) is 17.2 Å². The molecule has 1 heterocycles. The maximum atomic E-state index is 13.5. The maximum Gasteiger partial charge on any atom is 0.268 e. The number of guanidine groups is 1. The number of rotatable bonds is 10. The highest BCUT2D eigenvalue weighted by atomic mass is 35.5. The van der Waals surface area contributed by atoms with Gasteiger partial charge in [0.05, 0.1) is 25.9 Å². The zero-order valence-electron chi connectivity index (χ0n) is 20.0. The van der Waals surface area contributed by atoms with Crippen LogP contribution in [0.15, 0.2) is 71.7 Å². The molecular weight excluding hydrogens is 480 g/mol. The van der Waals surface area contributed by atoms with Gasteiger partial charge in [-0.15, -0.1) is 0 Å². The van der Waals surface area contributed by atoms with E-state index in [4.69, 9.17) is 37.3 Å². The summed E-state index contributed by atoms with van der Waals surface area (Å²) >= 11 is 6.17. The van der Waals surface area contributed by atoms with E-state index in [0.717, 1.165) is 17.5 Å². The Morgan fingerprint density at radius 3 is 2.56 bits per heavy atom. The van der Waals surface area contributed by atoms with E-state index in [9.17, 15) is 4.79 Å². The molecule has 0 bridgehead atoms. The predicted molar refractivity (Wildman–Crippen MR) is 141 cm³/mol. The van der Waals surface area contributed by atoms with Gasteiger partial charge in [-0.1, -0.05) is 35.9 Å². The molecule has 0 fully saturated rings. The highest BCUT2D eigenvalue weighted by molar-refractivity contribution is 6.30. The predicted octanol–water partition coefficient (Wildman–Crippen LogP) is 3.93. The van der Waals surface area contributed by atoms with E-state index in [2.05, 4.69) is 4.99 Å². The maximum absolute atomic E-state index is 13.5. The molecule has 4 rings (SSSR count). The molecule has 9 heteroatoms. The summed E-state index contributed by atoms with van der Waals surface area (Å²) in [6.07, 6.45) is 0.446. The van der Waals surface area contributed by atoms with Gasteiger partial charge in [-0.25, -0.2) is 0 Å². The zero-order valence-corrected chi connectivity index (χ0v) is 20.8. The molecule has 36 heavy (non-hydrogen) atoms. The molecule has 3 aromatic carbocycles. The summed E-state index contributed by atoms with van der Waals surface area (Å²) in [6, 6.07) is 20.6. The van der Waals surface area contributed by atoms with Crippen molar-refractivity contribution in [1.82, 2.24) is 0 Å². The Morgan fingerprint density at radius 1 is 1.06 bits per heavy atom. The van der Waals surface area contributed by atoms with Crippen LogP contribution in [-0.2, 0) is 17.8 Å². The second-order valence-electron chi connectivity index (χ2n) is 8.33. The Balaban J connectivity index is 1.42. The van der Waals surface area contributed by atoms with Gasteiger partial charge in [-0.05, 0) is 53.9 Å². The van der Waals surface area contributed by atoms with Crippen LogP contribution in [0.3, 0.4) is 0 Å². The van der Waals surface area contributed by atoms with Crippen LogP contribution in [0.5, 0.6) is 17.2 Å². The Hall–Kier alpha value is -3.91. The first-order valence-electron chi connectivity index (χ1n) is 11.6. The number of nitrogens with zero attached hydrogens (tertiary/aromatic N) is 2. The smallest absolute Gasteiger partial charge is 0.268 e. The summed E-state index contributed by atoms with van der Waals surface area (Å²) in [7, 11) is 1.59. The van der Waals surface area contributed by atoms with Crippen molar-refractivity contribution in [2.45, 2.75) is 25.5 Å². The number of hydrogen-bond donors (Lipinski definition) is 2. The van der Waals surface area contributed by atoms with Gasteiger partial charge in [-0.3, -0.25) is 9.79 Å². The molecule has 0 saturated heterocycles. The molecule has 1 amide bonds. The van der Waals surface area contributed by atoms with Crippen LogP contribution in [-0.4, -0.2) is 38.2 Å². The number of hydrogen-bond acceptors (Lipinski definition) is 5. The van der Waals surface area contributed by atoms with Crippen LogP contribution in [0.4, 0.5) is 5.69 Å². The quantitative estimate of drug-likeness (QED) is 0.317. The van der Waals surface area contributed by atoms with Crippen molar-refractivity contribution in [3.63, 3.8) is 0 Å². The molecule has 0 aliphatic carbocycles. The molecule has 0 spiro atoms. The number of halogens is 1. The number of carbonyl (C=O) groups is 1. The van der Waals surface area contributed by atoms with Gasteiger partial charge in [0.2, 0.25) is 0 Å². The number of amides is 1. The van der Waals surface area contributed by atoms with E-state index in [1.807, 2.05) is 54.6 Å². The highest BCUT2D eigenvalue weighted by Crippen LogP contribution is 2.38. The normalized spacial score (nSPS) is 14.6. The van der Waals surface area contributed by atoms with Gasteiger partial charge in [0, 0.05) is 24.1 Å². The van der Waals surface area contributed by atoms with Crippen LogP contribution in [0, 0.1) is 0 Å². The van der Waals surface area contributed by atoms with Crippen LogP contribution < -0.4 is 30.6 Å². The SMILES string of the molecule is COc1ccc2c(c1)N(Cc1cccc(Cl)c1)C(=O)C(CCOc1ccc(CCN=C(N)N)cc1)O2. The first kappa shape index (κ1) is 25.2. The Bertz CT molecular complexity index is 1230. The fraction of sp³-hybridized carbons (Fsp3) is 0.259. The van der Waals surface area contributed by atoms with Crippen molar-refractivity contribution in [2.24, 2.45) is 16.5 Å². The van der Waals surface area contributed by atoms with Gasteiger partial charge < -0.3 is 30.6 Å². The average Bonchev–Trinajstić information content (AvgIpc) is 2.87. The summed E-state index contributed by atoms with van der Waals surface area (Å²) in [5, 5.41) is 0.617. The van der Waals surface area contributed by atoms with Crippen molar-refractivity contribution in [3.05, 3.63) is 82.9 Å². The van der Waals surface area contributed by atoms with E-state index in [-0.39, 0.29) is 11.9 Å². The van der Waals surface area contributed by atoms with Gasteiger partial charge in [-0.2, -0.15) is 0 Å². The van der Waals surface area contributed by atoms with Gasteiger partial charge in [0.15, 0.2) is 12.1 Å². The number of anilines is 1. The second kappa shape index (κ2) is 11.7. The number of fused-ring (bicyclic) bond motifs is 1. The fourth-order valence-corrected chi connectivity index (χ4v) is 4.16. The Kier molecular flexibility index (Phi) is 8.17. The minimum atomic E-state index is -0.677. The fourth-order valence-electron chi connectivity index (χ4n) is 3.94. The van der Waals surface area contributed by atoms with Crippen molar-refractivity contribution in [3.8, 4) is 17.2 Å². The standard InChI is InChI=1S/C27H29ClN4O4/c1-34-22-9-10-24-23(16-22)32(17-19-3-2-4-20(28)15-19)26(33)25(36-24)12-14-35-21-7-5-18(6-8-21)11-13-31-27(29)30/h2-10,15-16,25H,11-14,17H2,1H3,(H4,29,30,31). The van der Waals surface area contributed by atoms with Crippen LogP contribution in [0.25, 0.3) is 0 Å². The van der Waals surface area contributed by atoms with Crippen molar-refractivity contribution >= 4 is 29.2 Å². The van der Waals surface area contributed by atoms with E-state index >= 15 is 0 Å². The molecule has 0 saturated carbocycles. The molecule has 1 atom stereocenters. The number of methoxy groups -OCH3 is 1. The summed E-state index contributed by atoms with van der Waals surface area (Å²) in [6.45, 7) is 1.21. The first-order valence-corrected chi connectivity index (χ1v) is 12.0. The largest absolute Gasteiger partial charge is 0.497 e. The average molecular weight is 509 g/mol. The van der Waals surface area contributed by atoms with Crippen LogP contribution in [0.2, 0.25) is 5.02 Å². The first-order chi connectivity index (χ1) is 17.4. The zero-order chi connectivity index (χ0) is 25.5. The number of benzene rings is 3. The van der Waals surface area contributed by atoms with Crippen molar-refractivity contribution < 1.29 is 19.0 Å². The molecule has 0 radical (unpaired) electrons. The lowest BCUT2D eigenvalue weighted by molar-refractivity contribution is -0.127. The number of aliphatic imine (C=N–C) groups is 1. The topological polar surface area (TPSA) is 112 Å². The second-order valence-corrected chi connectivity index (χ2v) is 8.77. The minimum absolute atomic E-state index is 0.0855. The number of carbonyl (C=O) groups excluding carboxylic acids is 1. The third-order valence-electron chi connectivity index (χ3n) is 5.76. The molecule has 8 nitrogen and oxygen atoms in total. The molecular formula is C27H29ClN4O4. The van der Waals surface area contributed by atoms with Crippen molar-refractivity contribution in [2.75, 3.05) is 25.2 Å². The summed E-state index contributed by atoms with van der Waals surface area (Å²) < 4.78 is 17.3. The highest BCUT2D eigenvalue weighted by Gasteiger charge is 2.34.